The first kappa shape index (κ1) is 15.4. The second-order valence-corrected chi connectivity index (χ2v) is 10.1. The zero-order chi connectivity index (χ0) is 27.6. The Labute approximate surface area is 189 Å². The molecular formula is C24H31FO6. The van der Waals surface area contributed by atoms with E-state index in [-0.39, 0.29) is 25.0 Å². The maximum Gasteiger partial charge on any atom is 0.193 e. The topological polar surface area (TPSA) is 93.1 Å². The molecule has 1 saturated heterocycles. The summed E-state index contributed by atoms with van der Waals surface area (Å²) in [6, 6.07) is 0. The van der Waals surface area contributed by atoms with Gasteiger partial charge in [-0.05, 0) is 64.4 Å². The van der Waals surface area contributed by atoms with Gasteiger partial charge in [-0.3, -0.25) is 9.59 Å². The Hall–Kier alpha value is -1.41. The molecule has 1 aliphatic heterocycles. The lowest BCUT2D eigenvalue weighted by Gasteiger charge is -2.62. The van der Waals surface area contributed by atoms with Crippen molar-refractivity contribution in [2.45, 2.75) is 82.5 Å². The van der Waals surface area contributed by atoms with E-state index in [0.29, 0.717) is 12.0 Å². The van der Waals surface area contributed by atoms with Gasteiger partial charge in [0.2, 0.25) is 0 Å². The van der Waals surface area contributed by atoms with Crippen LogP contribution in [-0.2, 0) is 19.1 Å². The third-order valence-corrected chi connectivity index (χ3v) is 8.97. The van der Waals surface area contributed by atoms with E-state index in [1.54, 1.807) is 13.8 Å². The molecule has 5 aliphatic rings. The SMILES string of the molecule is [2H]C([2H])([2H])C1(C([2H])([2H])[2H])O[C@@H]2C[C@H]3[C@@H]4CCC5=CC(=O)C=C[C@]5(C)[C@@]4(F)[C@@H](O)C[C@]3(C)[C@]2(C(=O)CO)O1. The van der Waals surface area contributed by atoms with Crippen LogP contribution in [0.25, 0.3) is 0 Å². The molecule has 0 aromatic rings. The molecule has 170 valence electrons. The molecule has 0 spiro atoms. The summed E-state index contributed by atoms with van der Waals surface area (Å²) in [5.74, 6) is -5.91. The van der Waals surface area contributed by atoms with Crippen molar-refractivity contribution in [2.75, 3.05) is 6.61 Å². The fourth-order valence-corrected chi connectivity index (χ4v) is 7.62. The summed E-state index contributed by atoms with van der Waals surface area (Å²) in [6.07, 6.45) is 1.20. The number of carbonyl (C=O) groups is 2. The number of carbonyl (C=O) groups excluding carboxylic acids is 2. The highest BCUT2D eigenvalue weighted by Gasteiger charge is 2.79. The summed E-state index contributed by atoms with van der Waals surface area (Å²) >= 11 is 0. The summed E-state index contributed by atoms with van der Waals surface area (Å²) in [5.41, 5.74) is -6.64. The van der Waals surface area contributed by atoms with Crippen LogP contribution in [0.5, 0.6) is 0 Å². The molecule has 4 aliphatic carbocycles. The first-order valence-electron chi connectivity index (χ1n) is 13.7. The number of aliphatic hydroxyl groups excluding tert-OH is 2. The van der Waals surface area contributed by atoms with E-state index in [2.05, 4.69) is 0 Å². The van der Waals surface area contributed by atoms with Gasteiger partial charge in [0, 0.05) is 25.0 Å². The van der Waals surface area contributed by atoms with E-state index in [1.807, 2.05) is 0 Å². The number of fused-ring (bicyclic) bond motifs is 7. The summed E-state index contributed by atoms with van der Waals surface area (Å²) in [7, 11) is 0. The Morgan fingerprint density at radius 3 is 2.77 bits per heavy atom. The molecule has 8 atom stereocenters. The highest BCUT2D eigenvalue weighted by atomic mass is 19.1. The molecular weight excluding hydrogens is 403 g/mol. The first-order chi connectivity index (χ1) is 16.9. The van der Waals surface area contributed by atoms with Crippen LogP contribution in [0.4, 0.5) is 4.39 Å². The van der Waals surface area contributed by atoms with Crippen LogP contribution >= 0.6 is 0 Å². The average molecular weight is 441 g/mol. The van der Waals surface area contributed by atoms with Gasteiger partial charge in [0.05, 0.1) is 12.2 Å². The Morgan fingerprint density at radius 1 is 1.35 bits per heavy atom. The van der Waals surface area contributed by atoms with Gasteiger partial charge in [0.15, 0.2) is 28.6 Å². The molecule has 0 aromatic heterocycles. The Balaban J connectivity index is 1.66. The molecule has 0 aromatic carbocycles. The molecule has 3 saturated carbocycles. The Morgan fingerprint density at radius 2 is 2.10 bits per heavy atom. The minimum absolute atomic E-state index is 0.100. The maximum atomic E-state index is 17.3. The quantitative estimate of drug-likeness (QED) is 0.685. The maximum absolute atomic E-state index is 17.3. The number of alkyl halides is 1. The third kappa shape index (κ3) is 2.31. The van der Waals surface area contributed by atoms with Gasteiger partial charge in [0.25, 0.3) is 0 Å². The van der Waals surface area contributed by atoms with Crippen LogP contribution in [0, 0.1) is 22.7 Å². The largest absolute Gasteiger partial charge is 0.390 e. The Kier molecular flexibility index (Phi) is 3.05. The van der Waals surface area contributed by atoms with E-state index >= 15 is 4.39 Å². The van der Waals surface area contributed by atoms with Crippen LogP contribution in [0.1, 0.15) is 61.5 Å². The summed E-state index contributed by atoms with van der Waals surface area (Å²) in [4.78, 5) is 25.4. The number of ketones is 2. The highest BCUT2D eigenvalue weighted by molar-refractivity contribution is 6.01. The summed E-state index contributed by atoms with van der Waals surface area (Å²) in [6.45, 7) is -4.55. The number of aliphatic hydroxyl groups is 2. The number of halogens is 1. The summed E-state index contributed by atoms with van der Waals surface area (Å²) in [5, 5.41) is 21.4. The molecule has 0 amide bonds. The van der Waals surface area contributed by atoms with Crippen molar-refractivity contribution in [2.24, 2.45) is 22.7 Å². The zero-order valence-electron chi connectivity index (χ0n) is 23.5. The van der Waals surface area contributed by atoms with E-state index < -0.39 is 78.0 Å². The van der Waals surface area contributed by atoms with Crippen molar-refractivity contribution in [1.29, 1.82) is 0 Å². The van der Waals surface area contributed by atoms with E-state index in [0.717, 1.165) is 0 Å². The lowest BCUT2D eigenvalue weighted by molar-refractivity contribution is -0.246. The van der Waals surface area contributed by atoms with Crippen molar-refractivity contribution in [1.82, 2.24) is 0 Å². The van der Waals surface area contributed by atoms with Crippen molar-refractivity contribution in [3.05, 3.63) is 23.8 Å². The smallest absolute Gasteiger partial charge is 0.193 e. The van der Waals surface area contributed by atoms with Gasteiger partial charge < -0.3 is 19.7 Å². The van der Waals surface area contributed by atoms with Crippen LogP contribution in [0.15, 0.2) is 23.8 Å². The second-order valence-electron chi connectivity index (χ2n) is 10.1. The number of rotatable bonds is 2. The zero-order valence-corrected chi connectivity index (χ0v) is 17.5. The fraction of sp³-hybridized carbons (Fsp3) is 0.750. The monoisotopic (exact) mass is 440 g/mol. The number of Topliss-reactive ketones (excluding diaryl/α,β-unsaturated/α-hetero) is 1. The van der Waals surface area contributed by atoms with Gasteiger partial charge in [-0.1, -0.05) is 18.6 Å². The average Bonchev–Trinajstić information content (AvgIpc) is 3.26. The predicted molar refractivity (Wildman–Crippen MR) is 109 cm³/mol. The standard InChI is InChI=1S/C24H31FO6/c1-20(2)30-19-10-16-15-6-5-13-9-14(27)7-8-21(13,3)23(15,25)17(28)11-22(16,4)24(19,31-20)18(29)12-26/h7-9,15-17,19,26,28H,5-6,10-12H2,1-4H3/t15-,16-,17-,19+,21-,22-,23-,24+/m0/s1/i1D3,2D3. The summed E-state index contributed by atoms with van der Waals surface area (Å²) < 4.78 is 76.6. The number of allylic oxidation sites excluding steroid dienone is 4. The molecule has 0 bridgehead atoms. The van der Waals surface area contributed by atoms with Gasteiger partial charge in [0.1, 0.15) is 6.61 Å². The van der Waals surface area contributed by atoms with E-state index in [4.69, 9.17) is 17.7 Å². The van der Waals surface area contributed by atoms with Crippen LogP contribution in [0.3, 0.4) is 0 Å². The lowest BCUT2D eigenvalue weighted by atomic mass is 9.44. The van der Waals surface area contributed by atoms with Crippen molar-refractivity contribution in [3.63, 3.8) is 0 Å². The van der Waals surface area contributed by atoms with Crippen molar-refractivity contribution >= 4 is 11.6 Å². The van der Waals surface area contributed by atoms with E-state index in [1.165, 1.54) is 18.2 Å². The number of ether oxygens (including phenoxy) is 2. The van der Waals surface area contributed by atoms with Crippen molar-refractivity contribution < 1.29 is 41.9 Å². The lowest BCUT2D eigenvalue weighted by Crippen LogP contribution is -2.70. The van der Waals surface area contributed by atoms with Gasteiger partial charge in [-0.25, -0.2) is 4.39 Å². The number of hydrogen-bond donors (Lipinski definition) is 2. The molecule has 1 heterocycles. The normalized spacial score (nSPS) is 55.8. The van der Waals surface area contributed by atoms with Crippen LogP contribution in [-0.4, -0.2) is 57.7 Å². The Bertz CT molecular complexity index is 1100. The molecule has 7 heteroatoms. The first-order valence-corrected chi connectivity index (χ1v) is 10.7. The molecule has 5 rings (SSSR count). The minimum Gasteiger partial charge on any atom is -0.390 e. The molecule has 6 nitrogen and oxygen atoms in total. The molecule has 2 N–H and O–H groups in total. The molecule has 31 heavy (non-hydrogen) atoms. The second kappa shape index (κ2) is 6.13. The number of hydrogen-bond acceptors (Lipinski definition) is 6. The fourth-order valence-electron chi connectivity index (χ4n) is 7.62. The minimum atomic E-state index is -3.33. The van der Waals surface area contributed by atoms with Gasteiger partial charge in [-0.15, -0.1) is 0 Å². The molecule has 4 fully saturated rings. The van der Waals surface area contributed by atoms with Gasteiger partial charge >= 0.3 is 0 Å². The molecule has 0 radical (unpaired) electrons. The van der Waals surface area contributed by atoms with Crippen LogP contribution < -0.4 is 0 Å². The molecule has 0 unspecified atom stereocenters. The highest BCUT2D eigenvalue weighted by Crippen LogP contribution is 2.72. The van der Waals surface area contributed by atoms with Crippen LogP contribution in [0.2, 0.25) is 0 Å². The van der Waals surface area contributed by atoms with Gasteiger partial charge in [-0.2, -0.15) is 0 Å². The van der Waals surface area contributed by atoms with E-state index in [9.17, 15) is 19.8 Å². The predicted octanol–water partition coefficient (Wildman–Crippen LogP) is 2.42. The van der Waals surface area contributed by atoms with Crippen molar-refractivity contribution in [3.8, 4) is 0 Å². The third-order valence-electron chi connectivity index (χ3n) is 8.97.